The van der Waals surface area contributed by atoms with Crippen molar-refractivity contribution in [3.05, 3.63) is 59.6 Å². The number of carbonyl (C=O) groups excluding carboxylic acids is 1. The van der Waals surface area contributed by atoms with Crippen LogP contribution in [-0.2, 0) is 11.3 Å². The molecule has 108 valence electrons. The highest BCUT2D eigenvalue weighted by molar-refractivity contribution is 5.91. The van der Waals surface area contributed by atoms with E-state index in [0.717, 1.165) is 5.56 Å². The maximum Gasteiger partial charge on any atom is 0.371 e. The summed E-state index contributed by atoms with van der Waals surface area (Å²) in [5.74, 6) is -1.23. The molecule has 0 saturated carbocycles. The lowest BCUT2D eigenvalue weighted by atomic mass is 10.2. The molecule has 0 unspecified atom stereocenters. The highest BCUT2D eigenvalue weighted by atomic mass is 16.4. The van der Waals surface area contributed by atoms with Gasteiger partial charge in [0, 0.05) is 11.8 Å². The van der Waals surface area contributed by atoms with Gasteiger partial charge in [-0.25, -0.2) is 4.79 Å². The number of hydrogen-bond acceptors (Lipinski definition) is 4. The van der Waals surface area contributed by atoms with Crippen molar-refractivity contribution in [1.82, 2.24) is 5.32 Å². The van der Waals surface area contributed by atoms with Crippen molar-refractivity contribution in [2.24, 2.45) is 0 Å². The Morgan fingerprint density at radius 3 is 2.52 bits per heavy atom. The number of aromatic carboxylic acids is 1. The molecule has 0 aliphatic heterocycles. The third-order valence-corrected chi connectivity index (χ3v) is 2.67. The maximum absolute atomic E-state index is 11.6. The van der Waals surface area contributed by atoms with E-state index in [4.69, 9.17) is 15.3 Å². The fraction of sp³-hybridized carbons (Fsp3) is 0.0667. The molecule has 1 aromatic heterocycles. The number of hydrogen-bond donors (Lipinski definition) is 3. The second-order valence-electron chi connectivity index (χ2n) is 4.29. The molecule has 0 bridgehead atoms. The van der Waals surface area contributed by atoms with Crippen LogP contribution in [-0.4, -0.2) is 17.0 Å². The molecule has 1 amide bonds. The van der Waals surface area contributed by atoms with E-state index in [-0.39, 0.29) is 18.2 Å². The predicted molar refractivity (Wildman–Crippen MR) is 77.4 cm³/mol. The summed E-state index contributed by atoms with van der Waals surface area (Å²) >= 11 is 0. The van der Waals surface area contributed by atoms with Crippen molar-refractivity contribution >= 4 is 23.6 Å². The van der Waals surface area contributed by atoms with Gasteiger partial charge in [-0.1, -0.05) is 12.1 Å². The lowest BCUT2D eigenvalue weighted by Gasteiger charge is -1.99. The van der Waals surface area contributed by atoms with Crippen LogP contribution < -0.4 is 11.1 Å². The summed E-state index contributed by atoms with van der Waals surface area (Å²) in [5.41, 5.74) is 7.07. The Bertz CT molecular complexity index is 671. The van der Waals surface area contributed by atoms with E-state index in [1.807, 2.05) is 0 Å². The number of carboxylic acid groups (broad SMARTS) is 1. The molecule has 1 aromatic carbocycles. The molecule has 0 spiro atoms. The number of benzene rings is 1. The van der Waals surface area contributed by atoms with Crippen molar-refractivity contribution in [3.8, 4) is 0 Å². The van der Waals surface area contributed by atoms with Gasteiger partial charge in [0.05, 0.1) is 6.54 Å². The fourth-order valence-electron chi connectivity index (χ4n) is 1.60. The van der Waals surface area contributed by atoms with Crippen LogP contribution in [0.5, 0.6) is 0 Å². The van der Waals surface area contributed by atoms with Crippen molar-refractivity contribution in [2.45, 2.75) is 6.54 Å². The summed E-state index contributed by atoms with van der Waals surface area (Å²) in [7, 11) is 0. The topological polar surface area (TPSA) is 106 Å². The number of nitrogens with two attached hydrogens (primary N) is 1. The van der Waals surface area contributed by atoms with Crippen LogP contribution in [0.2, 0.25) is 0 Å². The number of carbonyl (C=O) groups is 2. The average Bonchev–Trinajstić information content (AvgIpc) is 2.93. The number of carboxylic acids is 1. The lowest BCUT2D eigenvalue weighted by molar-refractivity contribution is -0.116. The average molecular weight is 286 g/mol. The van der Waals surface area contributed by atoms with Crippen molar-refractivity contribution in [1.29, 1.82) is 0 Å². The van der Waals surface area contributed by atoms with Gasteiger partial charge in [-0.3, -0.25) is 4.79 Å². The minimum absolute atomic E-state index is 0.123. The molecule has 6 heteroatoms. The number of furan rings is 1. The number of nitrogens with one attached hydrogen (secondary N) is 1. The van der Waals surface area contributed by atoms with Gasteiger partial charge in [0.2, 0.25) is 11.7 Å². The minimum atomic E-state index is -1.14. The summed E-state index contributed by atoms with van der Waals surface area (Å²) in [4.78, 5) is 22.3. The number of rotatable bonds is 5. The summed E-state index contributed by atoms with van der Waals surface area (Å²) in [5, 5.41) is 11.3. The normalized spacial score (nSPS) is 10.7. The SMILES string of the molecule is Nc1ccc(/C=C/C(=O)NCc2ccc(C(=O)O)o2)cc1. The highest BCUT2D eigenvalue weighted by Crippen LogP contribution is 2.08. The molecule has 0 saturated heterocycles. The summed E-state index contributed by atoms with van der Waals surface area (Å²) in [6.45, 7) is 0.123. The van der Waals surface area contributed by atoms with Crippen molar-refractivity contribution in [2.75, 3.05) is 5.73 Å². The Balaban J connectivity index is 1.86. The van der Waals surface area contributed by atoms with E-state index >= 15 is 0 Å². The first-order valence-corrected chi connectivity index (χ1v) is 6.18. The number of anilines is 1. The molecule has 0 atom stereocenters. The van der Waals surface area contributed by atoms with Crippen molar-refractivity contribution in [3.63, 3.8) is 0 Å². The summed E-state index contributed by atoms with van der Waals surface area (Å²) in [6.07, 6.45) is 3.03. The van der Waals surface area contributed by atoms with Gasteiger partial charge in [0.15, 0.2) is 0 Å². The zero-order valence-corrected chi connectivity index (χ0v) is 11.1. The third-order valence-electron chi connectivity index (χ3n) is 2.67. The zero-order valence-electron chi connectivity index (χ0n) is 11.1. The van der Waals surface area contributed by atoms with E-state index < -0.39 is 5.97 Å². The van der Waals surface area contributed by atoms with Crippen LogP contribution in [0.3, 0.4) is 0 Å². The fourth-order valence-corrected chi connectivity index (χ4v) is 1.60. The van der Waals surface area contributed by atoms with Crippen LogP contribution in [0.1, 0.15) is 21.9 Å². The molecule has 0 aliphatic rings. The summed E-state index contributed by atoms with van der Waals surface area (Å²) < 4.78 is 5.02. The standard InChI is InChI=1S/C15H14N2O4/c16-11-4-1-10(2-5-11)3-8-14(18)17-9-12-6-7-13(21-12)15(19)20/h1-8H,9,16H2,(H,17,18)(H,19,20)/b8-3+. The quantitative estimate of drug-likeness (QED) is 0.575. The van der Waals surface area contributed by atoms with E-state index in [2.05, 4.69) is 5.32 Å². The Hall–Kier alpha value is -3.02. The first kappa shape index (κ1) is 14.4. The van der Waals surface area contributed by atoms with Gasteiger partial charge in [0.1, 0.15) is 5.76 Å². The first-order chi connectivity index (χ1) is 10.0. The monoisotopic (exact) mass is 286 g/mol. The van der Waals surface area contributed by atoms with E-state index in [1.165, 1.54) is 18.2 Å². The molecule has 2 rings (SSSR count). The third kappa shape index (κ3) is 4.24. The second kappa shape index (κ2) is 6.42. The first-order valence-electron chi connectivity index (χ1n) is 6.18. The Labute approximate surface area is 120 Å². The molecular weight excluding hydrogens is 272 g/mol. The van der Waals surface area contributed by atoms with Crippen LogP contribution >= 0.6 is 0 Å². The minimum Gasteiger partial charge on any atom is -0.475 e. The van der Waals surface area contributed by atoms with Gasteiger partial charge in [-0.15, -0.1) is 0 Å². The Kier molecular flexibility index (Phi) is 4.40. The molecule has 4 N–H and O–H groups in total. The van der Waals surface area contributed by atoms with Crippen LogP contribution in [0, 0.1) is 0 Å². The number of amides is 1. The second-order valence-corrected chi connectivity index (χ2v) is 4.29. The lowest BCUT2D eigenvalue weighted by Crippen LogP contribution is -2.19. The van der Waals surface area contributed by atoms with Crippen LogP contribution in [0.25, 0.3) is 6.08 Å². The van der Waals surface area contributed by atoms with Gasteiger partial charge >= 0.3 is 5.97 Å². The largest absolute Gasteiger partial charge is 0.475 e. The van der Waals surface area contributed by atoms with Gasteiger partial charge in [0.25, 0.3) is 0 Å². The molecule has 1 heterocycles. The molecule has 0 fully saturated rings. The van der Waals surface area contributed by atoms with E-state index in [9.17, 15) is 9.59 Å². The Morgan fingerprint density at radius 2 is 1.90 bits per heavy atom. The van der Waals surface area contributed by atoms with Gasteiger partial charge in [-0.05, 0) is 35.9 Å². The molecule has 0 aliphatic carbocycles. The maximum atomic E-state index is 11.6. The van der Waals surface area contributed by atoms with Gasteiger partial charge in [-0.2, -0.15) is 0 Å². The highest BCUT2D eigenvalue weighted by Gasteiger charge is 2.08. The smallest absolute Gasteiger partial charge is 0.371 e. The van der Waals surface area contributed by atoms with Gasteiger partial charge < -0.3 is 20.6 Å². The molecule has 0 radical (unpaired) electrons. The van der Waals surface area contributed by atoms with Crippen LogP contribution in [0.15, 0.2) is 46.9 Å². The van der Waals surface area contributed by atoms with E-state index in [0.29, 0.717) is 11.4 Å². The van der Waals surface area contributed by atoms with Crippen LogP contribution in [0.4, 0.5) is 5.69 Å². The zero-order chi connectivity index (χ0) is 15.2. The molecule has 2 aromatic rings. The Morgan fingerprint density at radius 1 is 1.19 bits per heavy atom. The molecule has 6 nitrogen and oxygen atoms in total. The number of nitrogen functional groups attached to an aromatic ring is 1. The molecule has 21 heavy (non-hydrogen) atoms. The predicted octanol–water partition coefficient (Wildman–Crippen LogP) is 1.89. The van der Waals surface area contributed by atoms with E-state index in [1.54, 1.807) is 30.3 Å². The molecular formula is C15H14N2O4. The van der Waals surface area contributed by atoms with Crippen molar-refractivity contribution < 1.29 is 19.1 Å². The summed E-state index contributed by atoms with van der Waals surface area (Å²) in [6, 6.07) is 9.93.